The minimum atomic E-state index is 1.72. The predicted molar refractivity (Wildman–Crippen MR) is 62.4 cm³/mol. The molecule has 11 heavy (non-hydrogen) atoms. The van der Waals surface area contributed by atoms with Gasteiger partial charge in [0.1, 0.15) is 0 Å². The van der Waals surface area contributed by atoms with Crippen LogP contribution < -0.4 is 0 Å². The Morgan fingerprint density at radius 3 is 1.09 bits per heavy atom. The lowest BCUT2D eigenvalue weighted by atomic mass is 10.8. The highest BCUT2D eigenvalue weighted by atomic mass is 32.2. The molecule has 72 valence electrons. The second kappa shape index (κ2) is 87.3. The van der Waals surface area contributed by atoms with E-state index in [1.165, 1.54) is 0 Å². The fraction of sp³-hybridized carbons (Fsp3) is 0.800. The number of hydrogen-bond donors (Lipinski definition) is 0. The van der Waals surface area contributed by atoms with Gasteiger partial charge in [0.05, 0.1) is 0 Å². The molecule has 0 rings (SSSR count). The molecule has 0 fully saturated rings. The summed E-state index contributed by atoms with van der Waals surface area (Å²) in [5.41, 5.74) is 0. The van der Waals surface area contributed by atoms with Gasteiger partial charge >= 0.3 is 0 Å². The van der Waals surface area contributed by atoms with Crippen LogP contribution in [-0.4, -0.2) is 6.26 Å². The summed E-state index contributed by atoms with van der Waals surface area (Å²) in [6.45, 7) is 14.0. The lowest BCUT2D eigenvalue weighted by Gasteiger charge is -1.66. The molecule has 0 aliphatic heterocycles. The van der Waals surface area contributed by atoms with Gasteiger partial charge in [0, 0.05) is 0 Å². The summed E-state index contributed by atoms with van der Waals surface area (Å²) in [5, 5.41) is 2.04. The van der Waals surface area contributed by atoms with Crippen LogP contribution >= 0.6 is 11.8 Å². The predicted octanol–water partition coefficient (Wildman–Crippen LogP) is 4.96. The first-order chi connectivity index (χ1) is 5.41. The maximum absolute atomic E-state index is 2.04. The summed E-state index contributed by atoms with van der Waals surface area (Å²) in [6.07, 6.45) is 4.06. The number of hydrogen-bond acceptors (Lipinski definition) is 1. The van der Waals surface area contributed by atoms with Gasteiger partial charge in [-0.1, -0.05) is 47.6 Å². The third-order valence-electron chi connectivity index (χ3n) is 0.272. The summed E-state index contributed by atoms with van der Waals surface area (Å²) >= 11 is 1.72. The van der Waals surface area contributed by atoms with E-state index in [1.807, 2.05) is 66.2 Å². The third kappa shape index (κ3) is 151. The van der Waals surface area contributed by atoms with Gasteiger partial charge in [-0.05, 0) is 18.6 Å². The smallest absolute Gasteiger partial charge is 0.0142 e. The third-order valence-corrected chi connectivity index (χ3v) is 0.816. The molecule has 0 aromatic carbocycles. The van der Waals surface area contributed by atoms with Crippen molar-refractivity contribution in [3.63, 3.8) is 0 Å². The molecule has 0 saturated heterocycles. The van der Waals surface area contributed by atoms with Crippen molar-refractivity contribution < 1.29 is 0 Å². The molecule has 0 spiro atoms. The molecular formula is C10H26S. The van der Waals surface area contributed by atoms with Gasteiger partial charge in [0.15, 0.2) is 0 Å². The van der Waals surface area contributed by atoms with Crippen molar-refractivity contribution >= 4 is 11.8 Å². The van der Waals surface area contributed by atoms with Gasteiger partial charge in [0.2, 0.25) is 0 Å². The Hall–Kier alpha value is 0.0900. The maximum Gasteiger partial charge on any atom is -0.0142 e. The van der Waals surface area contributed by atoms with Gasteiger partial charge in [-0.25, -0.2) is 0 Å². The minimum absolute atomic E-state index is 1.72. The Morgan fingerprint density at radius 2 is 1.09 bits per heavy atom. The fourth-order valence-corrected chi connectivity index (χ4v) is 0.408. The van der Waals surface area contributed by atoms with E-state index in [0.29, 0.717) is 0 Å². The van der Waals surface area contributed by atoms with E-state index >= 15 is 0 Å². The van der Waals surface area contributed by atoms with Crippen molar-refractivity contribution in [2.75, 3.05) is 6.26 Å². The first-order valence-corrected chi connectivity index (χ1v) is 5.84. The highest BCUT2D eigenvalue weighted by Crippen LogP contribution is 1.89. The normalized spacial score (nSPS) is 6.18. The molecule has 0 aliphatic rings. The van der Waals surface area contributed by atoms with Crippen molar-refractivity contribution in [3.8, 4) is 0 Å². The van der Waals surface area contributed by atoms with Gasteiger partial charge in [-0.15, -0.1) is 11.8 Å². The topological polar surface area (TPSA) is 0 Å². The largest absolute Gasteiger partial charge is 0.138 e. The van der Waals surface area contributed by atoms with E-state index in [2.05, 4.69) is 0 Å². The van der Waals surface area contributed by atoms with Crippen LogP contribution in [0.3, 0.4) is 0 Å². The number of thioether (sulfide) groups is 1. The molecule has 0 N–H and O–H groups in total. The van der Waals surface area contributed by atoms with E-state index in [1.54, 1.807) is 11.8 Å². The number of rotatable bonds is 1. The molecule has 0 heterocycles. The van der Waals surface area contributed by atoms with Gasteiger partial charge in [-0.3, -0.25) is 0 Å². The summed E-state index contributed by atoms with van der Waals surface area (Å²) in [5.74, 6) is 0. The first-order valence-electron chi connectivity index (χ1n) is 4.55. The van der Waals surface area contributed by atoms with E-state index in [4.69, 9.17) is 0 Å². The van der Waals surface area contributed by atoms with Crippen molar-refractivity contribution in [2.24, 2.45) is 0 Å². The van der Waals surface area contributed by atoms with Gasteiger partial charge in [0.25, 0.3) is 0 Å². The fourth-order valence-electron chi connectivity index (χ4n) is 0.136. The minimum Gasteiger partial charge on any atom is -0.138 e. The molecule has 0 amide bonds. The Balaban J connectivity index is -0.0000000350. The van der Waals surface area contributed by atoms with Crippen LogP contribution in [0, 0.1) is 0 Å². The zero-order valence-corrected chi connectivity index (χ0v) is 10.4. The SMILES string of the molecule is CC.CC.CC.CC=CSC. The van der Waals surface area contributed by atoms with Crippen LogP contribution in [0.5, 0.6) is 0 Å². The zero-order valence-electron chi connectivity index (χ0n) is 9.56. The summed E-state index contributed by atoms with van der Waals surface area (Å²) in [4.78, 5) is 0. The maximum atomic E-state index is 2.04. The second-order valence-electron chi connectivity index (χ2n) is 0.705. The molecular weight excluding hydrogens is 152 g/mol. The van der Waals surface area contributed by atoms with Crippen LogP contribution in [-0.2, 0) is 0 Å². The lowest BCUT2D eigenvalue weighted by Crippen LogP contribution is -1.34. The second-order valence-corrected chi connectivity index (χ2v) is 1.45. The monoisotopic (exact) mass is 178 g/mol. The van der Waals surface area contributed by atoms with Crippen molar-refractivity contribution in [2.45, 2.75) is 48.5 Å². The zero-order chi connectivity index (χ0) is 10.1. The van der Waals surface area contributed by atoms with E-state index in [0.717, 1.165) is 0 Å². The van der Waals surface area contributed by atoms with Gasteiger partial charge in [-0.2, -0.15) is 0 Å². The Kier molecular flexibility index (Phi) is 178. The number of allylic oxidation sites excluding steroid dienone is 1. The Bertz CT molecular complexity index is 31.9. The Labute approximate surface area is 78.5 Å². The van der Waals surface area contributed by atoms with E-state index in [9.17, 15) is 0 Å². The molecule has 0 unspecified atom stereocenters. The van der Waals surface area contributed by atoms with Crippen LogP contribution in [0.2, 0.25) is 0 Å². The van der Waals surface area contributed by atoms with E-state index in [-0.39, 0.29) is 0 Å². The summed E-state index contributed by atoms with van der Waals surface area (Å²) < 4.78 is 0. The highest BCUT2D eigenvalue weighted by Gasteiger charge is 1.51. The quantitative estimate of drug-likeness (QED) is 0.547. The van der Waals surface area contributed by atoms with Crippen molar-refractivity contribution in [3.05, 3.63) is 11.5 Å². The summed E-state index contributed by atoms with van der Waals surface area (Å²) in [7, 11) is 0. The standard InChI is InChI=1S/C4H8S.3C2H6/c1-3-4-5-2;3*1-2/h3-4H,1-2H3;3*1-2H3. The average molecular weight is 178 g/mol. The van der Waals surface area contributed by atoms with Crippen molar-refractivity contribution in [1.29, 1.82) is 0 Å². The van der Waals surface area contributed by atoms with Crippen LogP contribution in [0.4, 0.5) is 0 Å². The summed E-state index contributed by atoms with van der Waals surface area (Å²) in [6, 6.07) is 0. The highest BCUT2D eigenvalue weighted by molar-refractivity contribution is 8.01. The molecule has 0 aliphatic carbocycles. The van der Waals surface area contributed by atoms with Crippen LogP contribution in [0.1, 0.15) is 48.5 Å². The van der Waals surface area contributed by atoms with Gasteiger partial charge < -0.3 is 0 Å². The molecule has 0 aromatic rings. The Morgan fingerprint density at radius 1 is 0.818 bits per heavy atom. The van der Waals surface area contributed by atoms with Crippen LogP contribution in [0.25, 0.3) is 0 Å². The van der Waals surface area contributed by atoms with Crippen LogP contribution in [0.15, 0.2) is 11.5 Å². The molecule has 0 atom stereocenters. The molecule has 0 nitrogen and oxygen atoms in total. The first kappa shape index (κ1) is 22.5. The molecule has 0 aromatic heterocycles. The average Bonchev–Trinajstić information content (AvgIpc) is 2.16. The lowest BCUT2D eigenvalue weighted by molar-refractivity contribution is 1.50. The molecule has 0 saturated carbocycles. The van der Waals surface area contributed by atoms with E-state index < -0.39 is 0 Å². The van der Waals surface area contributed by atoms with Crippen molar-refractivity contribution in [1.82, 2.24) is 0 Å². The molecule has 0 bridgehead atoms. The molecule has 0 radical (unpaired) electrons. The molecule has 1 heteroatoms.